The van der Waals surface area contributed by atoms with Gasteiger partial charge in [-0.15, -0.1) is 0 Å². The van der Waals surface area contributed by atoms with E-state index in [1.54, 1.807) is 13.0 Å². The van der Waals surface area contributed by atoms with E-state index in [-0.39, 0.29) is 22.9 Å². The van der Waals surface area contributed by atoms with E-state index in [4.69, 9.17) is 0 Å². The summed E-state index contributed by atoms with van der Waals surface area (Å²) in [5.74, 6) is -0.834. The lowest BCUT2D eigenvalue weighted by molar-refractivity contribution is -0.121. The third kappa shape index (κ3) is 3.16. The molecule has 1 aliphatic heterocycles. The van der Waals surface area contributed by atoms with Crippen molar-refractivity contribution in [2.45, 2.75) is 30.3 Å². The molecule has 0 aliphatic carbocycles. The van der Waals surface area contributed by atoms with Crippen molar-refractivity contribution < 1.29 is 17.6 Å². The van der Waals surface area contributed by atoms with Gasteiger partial charge in [0.1, 0.15) is 10.7 Å². The van der Waals surface area contributed by atoms with E-state index in [1.807, 2.05) is 0 Å². The van der Waals surface area contributed by atoms with Crippen molar-refractivity contribution in [1.82, 2.24) is 10.6 Å². The van der Waals surface area contributed by atoms with Crippen LogP contribution in [0.25, 0.3) is 0 Å². The molecule has 2 N–H and O–H groups in total. The van der Waals surface area contributed by atoms with Crippen LogP contribution in [-0.2, 0) is 14.6 Å². The second kappa shape index (κ2) is 5.49. The van der Waals surface area contributed by atoms with Crippen LogP contribution in [0.4, 0.5) is 4.39 Å². The normalized spacial score (nSPS) is 20.8. The van der Waals surface area contributed by atoms with Crippen molar-refractivity contribution in [1.29, 1.82) is 0 Å². The molecule has 0 bridgehead atoms. The highest BCUT2D eigenvalue weighted by atomic mass is 32.2. The summed E-state index contributed by atoms with van der Waals surface area (Å²) in [6, 6.07) is 3.48. The van der Waals surface area contributed by atoms with Gasteiger partial charge in [0.05, 0.1) is 6.04 Å². The average molecular weight is 300 g/mol. The van der Waals surface area contributed by atoms with E-state index >= 15 is 0 Å². The maximum atomic E-state index is 13.8. The number of carbonyl (C=O) groups excluding carboxylic acids is 1. The standard InChI is InChI=1S/C13H17FN2O3S/c1-8(16-11-5-6-15-13(11)17)9-3-4-12(10(14)7-9)20(2,18)19/h3-4,7-8,11,16H,5-6H2,1-2H3,(H,15,17)/t8-,11+/m1/s1. The average Bonchev–Trinajstić information content (AvgIpc) is 2.73. The second-order valence-electron chi connectivity index (χ2n) is 4.98. The van der Waals surface area contributed by atoms with E-state index in [9.17, 15) is 17.6 Å². The number of hydrogen-bond donors (Lipinski definition) is 2. The zero-order valence-electron chi connectivity index (χ0n) is 11.3. The first-order valence-corrected chi connectivity index (χ1v) is 8.21. The quantitative estimate of drug-likeness (QED) is 0.861. The molecule has 0 aromatic heterocycles. The zero-order valence-corrected chi connectivity index (χ0v) is 12.1. The van der Waals surface area contributed by atoms with Crippen LogP contribution < -0.4 is 10.6 Å². The number of benzene rings is 1. The lowest BCUT2D eigenvalue weighted by atomic mass is 10.1. The predicted octanol–water partition coefficient (Wildman–Crippen LogP) is 0.768. The summed E-state index contributed by atoms with van der Waals surface area (Å²) in [7, 11) is -3.57. The number of amides is 1. The molecule has 5 nitrogen and oxygen atoms in total. The Labute approximate surface area is 117 Å². The Morgan fingerprint density at radius 3 is 2.65 bits per heavy atom. The van der Waals surface area contributed by atoms with Crippen LogP contribution in [0.3, 0.4) is 0 Å². The molecule has 1 heterocycles. The molecule has 2 atom stereocenters. The zero-order chi connectivity index (χ0) is 14.9. The molecule has 1 fully saturated rings. The summed E-state index contributed by atoms with van der Waals surface area (Å²) in [4.78, 5) is 11.2. The monoisotopic (exact) mass is 300 g/mol. The molecule has 0 unspecified atom stereocenters. The highest BCUT2D eigenvalue weighted by Crippen LogP contribution is 2.21. The first-order chi connectivity index (χ1) is 9.29. The van der Waals surface area contributed by atoms with Gasteiger partial charge >= 0.3 is 0 Å². The van der Waals surface area contributed by atoms with Gasteiger partial charge in [-0.05, 0) is 31.0 Å². The molecule has 0 radical (unpaired) electrons. The lowest BCUT2D eigenvalue weighted by Gasteiger charge is -2.18. The number of halogens is 1. The number of rotatable bonds is 4. The Kier molecular flexibility index (Phi) is 4.10. The Morgan fingerprint density at radius 1 is 1.45 bits per heavy atom. The number of hydrogen-bond acceptors (Lipinski definition) is 4. The lowest BCUT2D eigenvalue weighted by Crippen LogP contribution is -2.37. The Bertz CT molecular complexity index is 631. The van der Waals surface area contributed by atoms with Crippen LogP contribution in [0.5, 0.6) is 0 Å². The molecule has 0 saturated carbocycles. The Morgan fingerprint density at radius 2 is 2.15 bits per heavy atom. The van der Waals surface area contributed by atoms with Gasteiger partial charge in [-0.2, -0.15) is 0 Å². The summed E-state index contributed by atoms with van der Waals surface area (Å²) in [5, 5.41) is 5.81. The number of sulfone groups is 1. The SMILES string of the molecule is C[C@@H](N[C@H]1CCNC1=O)c1ccc(S(C)(=O)=O)c(F)c1. The van der Waals surface area contributed by atoms with Crippen LogP contribution in [0.15, 0.2) is 23.1 Å². The molecule has 0 spiro atoms. The van der Waals surface area contributed by atoms with Crippen molar-refractivity contribution in [3.05, 3.63) is 29.6 Å². The summed E-state index contributed by atoms with van der Waals surface area (Å²) < 4.78 is 36.5. The van der Waals surface area contributed by atoms with Crippen molar-refractivity contribution in [3.8, 4) is 0 Å². The second-order valence-corrected chi connectivity index (χ2v) is 6.97. The van der Waals surface area contributed by atoms with E-state index in [1.165, 1.54) is 12.1 Å². The van der Waals surface area contributed by atoms with Gasteiger partial charge in [-0.3, -0.25) is 10.1 Å². The van der Waals surface area contributed by atoms with Gasteiger partial charge in [0, 0.05) is 18.8 Å². The van der Waals surface area contributed by atoms with Crippen molar-refractivity contribution in [3.63, 3.8) is 0 Å². The van der Waals surface area contributed by atoms with Crippen molar-refractivity contribution in [2.75, 3.05) is 12.8 Å². The number of carbonyl (C=O) groups is 1. The molecule has 1 aromatic carbocycles. The molecule has 1 aromatic rings. The molecule has 110 valence electrons. The van der Waals surface area contributed by atoms with E-state index < -0.39 is 15.7 Å². The molecule has 20 heavy (non-hydrogen) atoms. The van der Waals surface area contributed by atoms with Gasteiger partial charge in [-0.25, -0.2) is 12.8 Å². The van der Waals surface area contributed by atoms with Crippen molar-refractivity contribution >= 4 is 15.7 Å². The van der Waals surface area contributed by atoms with E-state index in [2.05, 4.69) is 10.6 Å². The third-order valence-corrected chi connectivity index (χ3v) is 4.49. The largest absolute Gasteiger partial charge is 0.355 e. The van der Waals surface area contributed by atoms with Crippen LogP contribution >= 0.6 is 0 Å². The Balaban J connectivity index is 2.17. The van der Waals surface area contributed by atoms with E-state index in [0.29, 0.717) is 18.5 Å². The fraction of sp³-hybridized carbons (Fsp3) is 0.462. The summed E-state index contributed by atoms with van der Waals surface area (Å²) in [6.45, 7) is 2.44. The summed E-state index contributed by atoms with van der Waals surface area (Å²) in [6.07, 6.45) is 1.66. The van der Waals surface area contributed by atoms with Crippen LogP contribution in [0, 0.1) is 5.82 Å². The van der Waals surface area contributed by atoms with Gasteiger partial charge in [0.2, 0.25) is 5.91 Å². The topological polar surface area (TPSA) is 75.3 Å². The van der Waals surface area contributed by atoms with Crippen LogP contribution in [0.2, 0.25) is 0 Å². The molecule has 1 saturated heterocycles. The molecule has 2 rings (SSSR count). The minimum absolute atomic E-state index is 0.0647. The maximum absolute atomic E-state index is 13.8. The van der Waals surface area contributed by atoms with E-state index in [0.717, 1.165) is 6.26 Å². The molecular formula is C13H17FN2O3S. The first kappa shape index (κ1) is 14.9. The van der Waals surface area contributed by atoms with Gasteiger partial charge in [0.25, 0.3) is 0 Å². The van der Waals surface area contributed by atoms with Gasteiger partial charge < -0.3 is 5.32 Å². The van der Waals surface area contributed by atoms with Crippen LogP contribution in [-0.4, -0.2) is 33.2 Å². The molecule has 1 aliphatic rings. The highest BCUT2D eigenvalue weighted by molar-refractivity contribution is 7.90. The smallest absolute Gasteiger partial charge is 0.237 e. The fourth-order valence-electron chi connectivity index (χ4n) is 2.24. The summed E-state index contributed by atoms with van der Waals surface area (Å²) >= 11 is 0. The van der Waals surface area contributed by atoms with Gasteiger partial charge in [-0.1, -0.05) is 6.07 Å². The van der Waals surface area contributed by atoms with Gasteiger partial charge in [0.15, 0.2) is 9.84 Å². The first-order valence-electron chi connectivity index (χ1n) is 6.32. The fourth-order valence-corrected chi connectivity index (χ4v) is 2.97. The minimum Gasteiger partial charge on any atom is -0.355 e. The van der Waals surface area contributed by atoms with Crippen LogP contribution in [0.1, 0.15) is 24.9 Å². The maximum Gasteiger partial charge on any atom is 0.237 e. The highest BCUT2D eigenvalue weighted by Gasteiger charge is 2.26. The minimum atomic E-state index is -3.57. The van der Waals surface area contributed by atoms with Crippen molar-refractivity contribution in [2.24, 2.45) is 0 Å². The number of nitrogens with one attached hydrogen (secondary N) is 2. The Hall–Kier alpha value is -1.47. The third-order valence-electron chi connectivity index (χ3n) is 3.36. The molecular weight excluding hydrogens is 283 g/mol. The molecule has 7 heteroatoms. The summed E-state index contributed by atoms with van der Waals surface area (Å²) in [5.41, 5.74) is 0.606. The molecule has 1 amide bonds. The predicted molar refractivity (Wildman–Crippen MR) is 72.5 cm³/mol.